The number of anilines is 1. The van der Waals surface area contributed by atoms with Gasteiger partial charge in [0.05, 0.1) is 17.6 Å². The summed E-state index contributed by atoms with van der Waals surface area (Å²) in [6, 6.07) is 10.2. The number of aromatic nitrogens is 2. The van der Waals surface area contributed by atoms with Gasteiger partial charge < -0.3 is 5.32 Å². The topological polar surface area (TPSA) is 37.8 Å². The van der Waals surface area contributed by atoms with Gasteiger partial charge in [-0.1, -0.05) is 30.3 Å². The van der Waals surface area contributed by atoms with Gasteiger partial charge in [-0.15, -0.1) is 0 Å². The molecule has 0 unspecified atom stereocenters. The lowest BCUT2D eigenvalue weighted by Gasteiger charge is -2.10. The Balaban J connectivity index is 2.61. The third kappa shape index (κ3) is 1.81. The molecular weight excluding hydrogens is 186 g/mol. The number of nitrogens with zero attached hydrogens (tertiary/aromatic N) is 2. The summed E-state index contributed by atoms with van der Waals surface area (Å²) in [5, 5.41) is 11.1. The molecule has 1 heterocycles. The number of hydrogen-bond acceptors (Lipinski definition) is 3. The summed E-state index contributed by atoms with van der Waals surface area (Å²) in [6.07, 6.45) is 1.75. The first-order valence-electron chi connectivity index (χ1n) is 4.88. The highest BCUT2D eigenvalue weighted by atomic mass is 15.1. The second-order valence-corrected chi connectivity index (χ2v) is 3.33. The van der Waals surface area contributed by atoms with E-state index >= 15 is 0 Å². The smallest absolute Gasteiger partial charge is 0.0734 e. The molecule has 1 N–H and O–H groups in total. The fourth-order valence-corrected chi connectivity index (χ4v) is 1.64. The largest absolute Gasteiger partial charge is 0.386 e. The maximum Gasteiger partial charge on any atom is 0.0734 e. The molecule has 76 valence electrons. The van der Waals surface area contributed by atoms with E-state index in [1.54, 1.807) is 6.20 Å². The second kappa shape index (κ2) is 4.09. The van der Waals surface area contributed by atoms with Crippen LogP contribution in [0.25, 0.3) is 11.1 Å². The van der Waals surface area contributed by atoms with Crippen LogP contribution >= 0.6 is 0 Å². The van der Waals surface area contributed by atoms with Crippen molar-refractivity contribution in [2.24, 2.45) is 0 Å². The van der Waals surface area contributed by atoms with E-state index in [1.807, 2.05) is 32.2 Å². The highest BCUT2D eigenvalue weighted by molar-refractivity contribution is 5.78. The van der Waals surface area contributed by atoms with Gasteiger partial charge in [-0.05, 0) is 12.5 Å². The van der Waals surface area contributed by atoms with Gasteiger partial charge in [0.2, 0.25) is 0 Å². The van der Waals surface area contributed by atoms with Crippen molar-refractivity contribution in [3.8, 4) is 11.1 Å². The summed E-state index contributed by atoms with van der Waals surface area (Å²) in [4.78, 5) is 0. The Kier molecular flexibility index (Phi) is 2.63. The van der Waals surface area contributed by atoms with Gasteiger partial charge in [0.25, 0.3) is 0 Å². The highest BCUT2D eigenvalue weighted by Crippen LogP contribution is 2.28. The minimum absolute atomic E-state index is 0.938. The molecule has 0 fully saturated rings. The van der Waals surface area contributed by atoms with Gasteiger partial charge in [0.1, 0.15) is 0 Å². The summed E-state index contributed by atoms with van der Waals surface area (Å²) in [5.74, 6) is 0. The zero-order chi connectivity index (χ0) is 10.7. The van der Waals surface area contributed by atoms with Crippen LogP contribution in [0.2, 0.25) is 0 Å². The normalized spacial score (nSPS) is 10.0. The van der Waals surface area contributed by atoms with E-state index in [0.717, 1.165) is 22.5 Å². The van der Waals surface area contributed by atoms with Gasteiger partial charge in [-0.2, -0.15) is 10.2 Å². The van der Waals surface area contributed by atoms with Crippen LogP contribution in [0, 0.1) is 6.92 Å². The van der Waals surface area contributed by atoms with Gasteiger partial charge >= 0.3 is 0 Å². The van der Waals surface area contributed by atoms with Crippen molar-refractivity contribution < 1.29 is 0 Å². The van der Waals surface area contributed by atoms with Crippen molar-refractivity contribution in [1.82, 2.24) is 10.2 Å². The Hall–Kier alpha value is -1.90. The summed E-state index contributed by atoms with van der Waals surface area (Å²) in [6.45, 7) is 1.97. The predicted octanol–water partition coefficient (Wildman–Crippen LogP) is 2.49. The molecule has 3 heteroatoms. The zero-order valence-electron chi connectivity index (χ0n) is 8.86. The average Bonchev–Trinajstić information content (AvgIpc) is 2.29. The monoisotopic (exact) mass is 199 g/mol. The molecule has 1 aromatic carbocycles. The Morgan fingerprint density at radius 1 is 1.13 bits per heavy atom. The molecule has 2 rings (SSSR count). The van der Waals surface area contributed by atoms with E-state index in [4.69, 9.17) is 0 Å². The molecule has 0 saturated carbocycles. The average molecular weight is 199 g/mol. The maximum atomic E-state index is 4.07. The molecule has 0 aliphatic rings. The van der Waals surface area contributed by atoms with E-state index in [2.05, 4.69) is 27.6 Å². The van der Waals surface area contributed by atoms with Crippen LogP contribution < -0.4 is 5.32 Å². The van der Waals surface area contributed by atoms with Crippen molar-refractivity contribution in [2.45, 2.75) is 6.92 Å². The minimum Gasteiger partial charge on any atom is -0.386 e. The number of aryl methyl sites for hydroxylation is 1. The molecule has 0 bridgehead atoms. The van der Waals surface area contributed by atoms with Gasteiger partial charge in [-0.25, -0.2) is 0 Å². The third-order valence-electron chi connectivity index (χ3n) is 2.36. The first kappa shape index (κ1) is 9.65. The molecule has 0 saturated heterocycles. The van der Waals surface area contributed by atoms with Crippen LogP contribution in [0.1, 0.15) is 5.69 Å². The van der Waals surface area contributed by atoms with Crippen molar-refractivity contribution in [2.75, 3.05) is 12.4 Å². The molecule has 0 amide bonds. The number of rotatable bonds is 2. The summed E-state index contributed by atoms with van der Waals surface area (Å²) < 4.78 is 0. The van der Waals surface area contributed by atoms with Crippen LogP contribution in [0.4, 0.5) is 5.69 Å². The second-order valence-electron chi connectivity index (χ2n) is 3.33. The number of benzene rings is 1. The molecule has 1 aromatic heterocycles. The van der Waals surface area contributed by atoms with E-state index in [0.29, 0.717) is 0 Å². The van der Waals surface area contributed by atoms with Crippen molar-refractivity contribution in [3.63, 3.8) is 0 Å². The van der Waals surface area contributed by atoms with E-state index in [9.17, 15) is 0 Å². The maximum absolute atomic E-state index is 4.07. The minimum atomic E-state index is 0.938. The third-order valence-corrected chi connectivity index (χ3v) is 2.36. The highest BCUT2D eigenvalue weighted by Gasteiger charge is 2.07. The van der Waals surface area contributed by atoms with Crippen LogP contribution in [0.5, 0.6) is 0 Å². The van der Waals surface area contributed by atoms with Gasteiger partial charge in [0.15, 0.2) is 0 Å². The molecular formula is C12H13N3. The zero-order valence-corrected chi connectivity index (χ0v) is 8.86. The van der Waals surface area contributed by atoms with Crippen molar-refractivity contribution >= 4 is 5.69 Å². The standard InChI is InChI=1S/C12H13N3/c1-9-12(10-6-4-3-5-7-10)11(13-2)8-14-15-9/h3-8H,1-2H3,(H,13,15). The van der Waals surface area contributed by atoms with E-state index < -0.39 is 0 Å². The molecule has 0 atom stereocenters. The van der Waals surface area contributed by atoms with Crippen molar-refractivity contribution in [1.29, 1.82) is 0 Å². The number of hydrogen-bond donors (Lipinski definition) is 1. The molecule has 0 aliphatic heterocycles. The molecule has 0 aliphatic carbocycles. The lowest BCUT2D eigenvalue weighted by molar-refractivity contribution is 0.984. The summed E-state index contributed by atoms with van der Waals surface area (Å²) >= 11 is 0. The summed E-state index contributed by atoms with van der Waals surface area (Å²) in [5.41, 5.74) is 4.23. The van der Waals surface area contributed by atoms with Crippen LogP contribution in [0.3, 0.4) is 0 Å². The van der Waals surface area contributed by atoms with E-state index in [1.165, 1.54) is 0 Å². The Bertz CT molecular complexity index is 452. The Labute approximate surface area is 89.2 Å². The van der Waals surface area contributed by atoms with Crippen LogP contribution in [-0.2, 0) is 0 Å². The Morgan fingerprint density at radius 2 is 1.87 bits per heavy atom. The fraction of sp³-hybridized carbons (Fsp3) is 0.167. The quantitative estimate of drug-likeness (QED) is 0.807. The summed E-state index contributed by atoms with van der Waals surface area (Å²) in [7, 11) is 1.89. The first-order valence-corrected chi connectivity index (χ1v) is 4.88. The van der Waals surface area contributed by atoms with Gasteiger partial charge in [-0.3, -0.25) is 0 Å². The molecule has 3 nitrogen and oxygen atoms in total. The van der Waals surface area contributed by atoms with Crippen molar-refractivity contribution in [3.05, 3.63) is 42.2 Å². The molecule has 2 aromatic rings. The lowest BCUT2D eigenvalue weighted by Crippen LogP contribution is -1.98. The Morgan fingerprint density at radius 3 is 2.53 bits per heavy atom. The fourth-order valence-electron chi connectivity index (χ4n) is 1.64. The predicted molar refractivity (Wildman–Crippen MR) is 61.8 cm³/mol. The van der Waals surface area contributed by atoms with E-state index in [-0.39, 0.29) is 0 Å². The SMILES string of the molecule is CNc1cnnc(C)c1-c1ccccc1. The molecule has 0 radical (unpaired) electrons. The van der Waals surface area contributed by atoms with Crippen LogP contribution in [-0.4, -0.2) is 17.2 Å². The van der Waals surface area contributed by atoms with Crippen LogP contribution in [0.15, 0.2) is 36.5 Å². The molecule has 0 spiro atoms. The number of nitrogens with one attached hydrogen (secondary N) is 1. The lowest BCUT2D eigenvalue weighted by atomic mass is 10.0. The van der Waals surface area contributed by atoms with Gasteiger partial charge in [0, 0.05) is 12.6 Å². The first-order chi connectivity index (χ1) is 7.33. The molecule has 15 heavy (non-hydrogen) atoms.